The van der Waals surface area contributed by atoms with Gasteiger partial charge < -0.3 is 16.0 Å². The smallest absolute Gasteiger partial charge is 0.221 e. The van der Waals surface area contributed by atoms with Gasteiger partial charge in [-0.05, 0) is 12.8 Å². The molecule has 5 heteroatoms. The zero-order valence-electron chi connectivity index (χ0n) is 10.0. The second-order valence-electron chi connectivity index (χ2n) is 4.88. The molecule has 1 aromatic rings. The first-order valence-electron chi connectivity index (χ1n) is 6.22. The van der Waals surface area contributed by atoms with Crippen molar-refractivity contribution in [1.82, 2.24) is 15.3 Å². The maximum absolute atomic E-state index is 11.7. The van der Waals surface area contributed by atoms with E-state index in [1.165, 1.54) is 0 Å². The van der Waals surface area contributed by atoms with Gasteiger partial charge in [0.05, 0.1) is 0 Å². The van der Waals surface area contributed by atoms with E-state index in [2.05, 4.69) is 15.3 Å². The van der Waals surface area contributed by atoms with Crippen molar-refractivity contribution in [2.24, 2.45) is 5.73 Å². The maximum Gasteiger partial charge on any atom is 0.221 e. The molecule has 0 radical (unpaired) electrons. The van der Waals surface area contributed by atoms with Gasteiger partial charge >= 0.3 is 0 Å². The van der Waals surface area contributed by atoms with Gasteiger partial charge in [-0.1, -0.05) is 12.8 Å². The summed E-state index contributed by atoms with van der Waals surface area (Å²) in [5, 5.41) is 2.89. The molecule has 1 fully saturated rings. The first-order chi connectivity index (χ1) is 8.18. The van der Waals surface area contributed by atoms with Gasteiger partial charge in [0, 0.05) is 37.3 Å². The molecule has 0 spiro atoms. The van der Waals surface area contributed by atoms with Crippen molar-refractivity contribution in [3.05, 3.63) is 18.2 Å². The Bertz CT molecular complexity index is 355. The molecular formula is C12H20N4O. The quantitative estimate of drug-likeness (QED) is 0.704. The lowest BCUT2D eigenvalue weighted by molar-refractivity contribution is -0.122. The Balaban J connectivity index is 1.67. The summed E-state index contributed by atoms with van der Waals surface area (Å²) >= 11 is 0. The summed E-state index contributed by atoms with van der Waals surface area (Å²) in [7, 11) is 0. The summed E-state index contributed by atoms with van der Waals surface area (Å²) in [5.41, 5.74) is 5.89. The highest BCUT2D eigenvalue weighted by molar-refractivity contribution is 5.77. The van der Waals surface area contributed by atoms with E-state index in [9.17, 15) is 4.79 Å². The summed E-state index contributed by atoms with van der Waals surface area (Å²) in [4.78, 5) is 18.8. The number of H-pyrrole nitrogens is 1. The predicted molar refractivity (Wildman–Crippen MR) is 65.3 cm³/mol. The standard InChI is InChI=1S/C12H20N4O/c13-12(4-1-2-5-12)9-11(17)16-6-3-10-14-7-8-15-10/h7-8H,1-6,9,13H2,(H,14,15)(H,16,17). The van der Waals surface area contributed by atoms with Gasteiger partial charge in [-0.25, -0.2) is 4.98 Å². The minimum absolute atomic E-state index is 0.0564. The third-order valence-electron chi connectivity index (χ3n) is 3.35. The predicted octanol–water partition coefficient (Wildman–Crippen LogP) is 0.730. The summed E-state index contributed by atoms with van der Waals surface area (Å²) in [6.45, 7) is 0.614. The molecule has 1 aliphatic carbocycles. The molecular weight excluding hydrogens is 216 g/mol. The van der Waals surface area contributed by atoms with Crippen molar-refractivity contribution in [3.63, 3.8) is 0 Å². The van der Waals surface area contributed by atoms with Crippen LogP contribution in [0.5, 0.6) is 0 Å². The molecule has 1 heterocycles. The van der Waals surface area contributed by atoms with Crippen LogP contribution in [-0.4, -0.2) is 28.0 Å². The highest BCUT2D eigenvalue weighted by atomic mass is 16.1. The second kappa shape index (κ2) is 5.31. The van der Waals surface area contributed by atoms with Gasteiger partial charge in [-0.3, -0.25) is 4.79 Å². The Kier molecular flexibility index (Phi) is 3.78. The number of nitrogens with zero attached hydrogens (tertiary/aromatic N) is 1. The number of amides is 1. The molecule has 0 unspecified atom stereocenters. The van der Waals surface area contributed by atoms with Crippen LogP contribution in [0, 0.1) is 0 Å². The van der Waals surface area contributed by atoms with Crippen LogP contribution >= 0.6 is 0 Å². The van der Waals surface area contributed by atoms with Gasteiger partial charge in [0.2, 0.25) is 5.91 Å². The largest absolute Gasteiger partial charge is 0.356 e. The number of nitrogens with one attached hydrogen (secondary N) is 2. The molecule has 4 N–H and O–H groups in total. The van der Waals surface area contributed by atoms with Crippen LogP contribution in [0.2, 0.25) is 0 Å². The van der Waals surface area contributed by atoms with Gasteiger partial charge in [-0.2, -0.15) is 0 Å². The summed E-state index contributed by atoms with van der Waals surface area (Å²) in [6, 6.07) is 0. The minimum atomic E-state index is -0.255. The molecule has 1 aliphatic rings. The van der Waals surface area contributed by atoms with Crippen LogP contribution in [0.15, 0.2) is 12.4 Å². The topological polar surface area (TPSA) is 83.8 Å². The first-order valence-corrected chi connectivity index (χ1v) is 6.22. The molecule has 94 valence electrons. The van der Waals surface area contributed by atoms with Crippen LogP contribution in [-0.2, 0) is 11.2 Å². The molecule has 0 saturated heterocycles. The van der Waals surface area contributed by atoms with Crippen molar-refractivity contribution in [1.29, 1.82) is 0 Å². The molecule has 0 aliphatic heterocycles. The van der Waals surface area contributed by atoms with Crippen LogP contribution in [0.3, 0.4) is 0 Å². The number of hydrogen-bond donors (Lipinski definition) is 3. The van der Waals surface area contributed by atoms with Crippen LogP contribution in [0.25, 0.3) is 0 Å². The molecule has 1 saturated carbocycles. The number of aromatic amines is 1. The van der Waals surface area contributed by atoms with Crippen molar-refractivity contribution in [3.8, 4) is 0 Å². The highest BCUT2D eigenvalue weighted by Crippen LogP contribution is 2.29. The van der Waals surface area contributed by atoms with E-state index >= 15 is 0 Å². The second-order valence-corrected chi connectivity index (χ2v) is 4.88. The number of imidazole rings is 1. The van der Waals surface area contributed by atoms with Gasteiger partial charge in [0.15, 0.2) is 0 Å². The third kappa shape index (κ3) is 3.56. The summed E-state index contributed by atoms with van der Waals surface area (Å²) < 4.78 is 0. The fourth-order valence-electron chi connectivity index (χ4n) is 2.39. The lowest BCUT2D eigenvalue weighted by Crippen LogP contribution is -2.42. The molecule has 1 aromatic heterocycles. The van der Waals surface area contributed by atoms with Crippen molar-refractivity contribution >= 4 is 5.91 Å². The van der Waals surface area contributed by atoms with Crippen molar-refractivity contribution < 1.29 is 4.79 Å². The Labute approximate surface area is 101 Å². The normalized spacial score (nSPS) is 18.2. The van der Waals surface area contributed by atoms with E-state index in [1.807, 2.05) is 0 Å². The van der Waals surface area contributed by atoms with E-state index in [0.717, 1.165) is 37.9 Å². The van der Waals surface area contributed by atoms with Crippen molar-refractivity contribution in [2.45, 2.75) is 44.1 Å². The first kappa shape index (κ1) is 12.1. The number of carbonyl (C=O) groups is 1. The lowest BCUT2D eigenvalue weighted by Gasteiger charge is -2.22. The van der Waals surface area contributed by atoms with E-state index in [0.29, 0.717) is 13.0 Å². The van der Waals surface area contributed by atoms with Gasteiger partial charge in [0.25, 0.3) is 0 Å². The Morgan fingerprint density at radius 1 is 1.53 bits per heavy atom. The zero-order valence-corrected chi connectivity index (χ0v) is 10.0. The average Bonchev–Trinajstić information content (AvgIpc) is 2.90. The highest BCUT2D eigenvalue weighted by Gasteiger charge is 2.31. The van der Waals surface area contributed by atoms with Crippen molar-refractivity contribution in [2.75, 3.05) is 6.54 Å². The van der Waals surface area contributed by atoms with Gasteiger partial charge in [0.1, 0.15) is 5.82 Å². The van der Waals surface area contributed by atoms with E-state index in [1.54, 1.807) is 12.4 Å². The fourth-order valence-corrected chi connectivity index (χ4v) is 2.39. The summed E-state index contributed by atoms with van der Waals surface area (Å²) in [5.74, 6) is 0.953. The number of hydrogen-bond acceptors (Lipinski definition) is 3. The number of rotatable bonds is 5. The molecule has 0 bridgehead atoms. The lowest BCUT2D eigenvalue weighted by atomic mass is 9.94. The third-order valence-corrected chi connectivity index (χ3v) is 3.35. The summed E-state index contributed by atoms with van der Waals surface area (Å²) in [6.07, 6.45) is 8.92. The monoisotopic (exact) mass is 236 g/mol. The SMILES string of the molecule is NC1(CC(=O)NCCc2ncc[nH]2)CCCC1. The number of carbonyl (C=O) groups excluding carboxylic acids is 1. The van der Waals surface area contributed by atoms with E-state index in [4.69, 9.17) is 5.73 Å². The number of aromatic nitrogens is 2. The Hall–Kier alpha value is -1.36. The molecule has 1 amide bonds. The molecule has 2 rings (SSSR count). The fraction of sp³-hybridized carbons (Fsp3) is 0.667. The number of nitrogens with two attached hydrogens (primary N) is 1. The van der Waals surface area contributed by atoms with Crippen LogP contribution < -0.4 is 11.1 Å². The van der Waals surface area contributed by atoms with E-state index in [-0.39, 0.29) is 11.4 Å². The van der Waals surface area contributed by atoms with E-state index < -0.39 is 0 Å². The zero-order chi connectivity index (χ0) is 12.1. The van der Waals surface area contributed by atoms with Gasteiger partial charge in [-0.15, -0.1) is 0 Å². The van der Waals surface area contributed by atoms with Crippen LogP contribution in [0.1, 0.15) is 37.9 Å². The Morgan fingerprint density at radius 3 is 2.94 bits per heavy atom. The Morgan fingerprint density at radius 2 is 2.29 bits per heavy atom. The van der Waals surface area contributed by atoms with Crippen LogP contribution in [0.4, 0.5) is 0 Å². The average molecular weight is 236 g/mol. The minimum Gasteiger partial charge on any atom is -0.356 e. The molecule has 0 atom stereocenters. The molecule has 0 aromatic carbocycles. The molecule has 17 heavy (non-hydrogen) atoms. The molecule has 5 nitrogen and oxygen atoms in total. The maximum atomic E-state index is 11.7.